The van der Waals surface area contributed by atoms with Gasteiger partial charge in [0.15, 0.2) is 5.16 Å². The molecule has 0 saturated heterocycles. The van der Waals surface area contributed by atoms with Gasteiger partial charge < -0.3 is 14.9 Å². The number of aryl methyl sites for hydroxylation is 3. The zero-order valence-electron chi connectivity index (χ0n) is 18.2. The third-order valence-corrected chi connectivity index (χ3v) is 5.45. The molecule has 0 atom stereocenters. The smallest absolute Gasteiger partial charge is 0.342 e. The molecule has 2 amide bonds. The van der Waals surface area contributed by atoms with Gasteiger partial charge in [-0.1, -0.05) is 17.8 Å². The van der Waals surface area contributed by atoms with Crippen molar-refractivity contribution in [2.45, 2.75) is 32.9 Å². The van der Waals surface area contributed by atoms with Crippen molar-refractivity contribution >= 4 is 35.4 Å². The minimum atomic E-state index is -0.904. The number of nitrogens with two attached hydrogens (primary N) is 1. The molecule has 0 unspecified atom stereocenters. The third kappa shape index (κ3) is 5.02. The molecule has 0 aliphatic heterocycles. The molecule has 168 valence electrons. The number of ether oxygens (including phenoxy) is 1. The van der Waals surface area contributed by atoms with Crippen LogP contribution in [0.1, 0.15) is 44.5 Å². The third-order valence-electron chi connectivity index (χ3n) is 4.49. The highest BCUT2D eigenvalue weighted by Crippen LogP contribution is 2.28. The van der Waals surface area contributed by atoms with Crippen molar-refractivity contribution < 1.29 is 23.5 Å². The Kier molecular flexibility index (Phi) is 7.04. The molecule has 9 nitrogen and oxygen atoms in total. The van der Waals surface area contributed by atoms with Gasteiger partial charge in [0, 0.05) is 18.1 Å². The Bertz CT molecular complexity index is 1160. The summed E-state index contributed by atoms with van der Waals surface area (Å²) >= 11 is 1.22. The molecule has 0 fully saturated rings. The van der Waals surface area contributed by atoms with Crippen LogP contribution >= 0.6 is 11.8 Å². The molecule has 3 N–H and O–H groups in total. The molecule has 2 heterocycles. The first-order valence-corrected chi connectivity index (χ1v) is 10.8. The lowest BCUT2D eigenvalue weighted by molar-refractivity contribution is -0.113. The van der Waals surface area contributed by atoms with Crippen molar-refractivity contribution in [3.63, 3.8) is 0 Å². The first kappa shape index (κ1) is 23.1. The summed E-state index contributed by atoms with van der Waals surface area (Å²) in [7, 11) is 0. The molecular formula is C22H24N4O5S. The van der Waals surface area contributed by atoms with E-state index in [4.69, 9.17) is 14.9 Å². The number of nitrogens with one attached hydrogen (secondary N) is 1. The number of thioether (sulfide) groups is 1. The number of benzene rings is 1. The summed E-state index contributed by atoms with van der Waals surface area (Å²) in [6, 6.07) is 6.13. The van der Waals surface area contributed by atoms with Gasteiger partial charge in [0.05, 0.1) is 12.4 Å². The van der Waals surface area contributed by atoms with Crippen LogP contribution in [-0.2, 0) is 9.53 Å². The fraction of sp³-hybridized carbons (Fsp3) is 0.273. The maximum atomic E-state index is 12.6. The second-order valence-corrected chi connectivity index (χ2v) is 8.03. The van der Waals surface area contributed by atoms with Crippen LogP contribution in [0, 0.1) is 20.8 Å². The molecule has 0 saturated carbocycles. The molecule has 10 heteroatoms. The Morgan fingerprint density at radius 1 is 1.16 bits per heavy atom. The highest BCUT2D eigenvalue weighted by molar-refractivity contribution is 7.99. The number of nitrogens with zero attached hydrogens (tertiary/aromatic N) is 2. The zero-order valence-corrected chi connectivity index (χ0v) is 19.0. The van der Waals surface area contributed by atoms with Crippen molar-refractivity contribution in [2.75, 3.05) is 17.7 Å². The zero-order chi connectivity index (χ0) is 23.4. The van der Waals surface area contributed by atoms with E-state index >= 15 is 0 Å². The van der Waals surface area contributed by atoms with E-state index in [2.05, 4.69) is 16.4 Å². The first-order valence-electron chi connectivity index (χ1n) is 9.86. The number of amides is 2. The van der Waals surface area contributed by atoms with Gasteiger partial charge >= 0.3 is 5.97 Å². The molecule has 3 aromatic rings. The summed E-state index contributed by atoms with van der Waals surface area (Å²) in [5.41, 5.74) is 8.30. The molecule has 0 aliphatic rings. The van der Waals surface area contributed by atoms with E-state index in [1.54, 1.807) is 13.1 Å². The van der Waals surface area contributed by atoms with Crippen LogP contribution in [0.4, 0.5) is 5.88 Å². The van der Waals surface area contributed by atoms with E-state index in [1.165, 1.54) is 18.7 Å². The monoisotopic (exact) mass is 456 g/mol. The lowest BCUT2D eigenvalue weighted by Gasteiger charge is -2.10. The summed E-state index contributed by atoms with van der Waals surface area (Å²) in [6.07, 6.45) is 3.48. The number of primary amides is 1. The predicted octanol–water partition coefficient (Wildman–Crippen LogP) is 3.40. The lowest BCUT2D eigenvalue weighted by Crippen LogP contribution is -2.21. The summed E-state index contributed by atoms with van der Waals surface area (Å²) in [5.74, 6) is -2.15. The predicted molar refractivity (Wildman–Crippen MR) is 120 cm³/mol. The van der Waals surface area contributed by atoms with Gasteiger partial charge in [-0.2, -0.15) is 0 Å². The average Bonchev–Trinajstić information content (AvgIpc) is 3.29. The number of rotatable bonds is 8. The summed E-state index contributed by atoms with van der Waals surface area (Å²) in [4.78, 5) is 41.0. The van der Waals surface area contributed by atoms with Gasteiger partial charge in [-0.05, 0) is 51.0 Å². The molecule has 0 spiro atoms. The van der Waals surface area contributed by atoms with Crippen LogP contribution in [0.5, 0.6) is 0 Å². The fourth-order valence-electron chi connectivity index (χ4n) is 3.29. The van der Waals surface area contributed by atoms with E-state index in [-0.39, 0.29) is 35.1 Å². The number of imidazole rings is 1. The second kappa shape index (κ2) is 9.73. The standard InChI is InChI=1S/C22H24N4O5S/c1-5-30-21(29)17-14(4)31-20(18(17)19(23)28)25-16(27)11-32-22-24-6-7-26(22)15-9-12(2)8-13(3)10-15/h6-10H,5,11H2,1-4H3,(H2,23,28)(H,25,27). The number of esters is 1. The Labute approximate surface area is 189 Å². The van der Waals surface area contributed by atoms with Crippen LogP contribution in [-0.4, -0.2) is 39.7 Å². The van der Waals surface area contributed by atoms with Crippen LogP contribution < -0.4 is 11.1 Å². The number of aromatic nitrogens is 2. The maximum absolute atomic E-state index is 12.6. The van der Waals surface area contributed by atoms with E-state index in [1.807, 2.05) is 36.7 Å². The fourth-order valence-corrected chi connectivity index (χ4v) is 4.07. The molecular weight excluding hydrogens is 432 g/mol. The molecule has 3 rings (SSSR count). The molecule has 0 bridgehead atoms. The van der Waals surface area contributed by atoms with Gasteiger partial charge in [-0.3, -0.25) is 19.5 Å². The highest BCUT2D eigenvalue weighted by Gasteiger charge is 2.29. The number of carbonyl (C=O) groups is 3. The van der Waals surface area contributed by atoms with Crippen molar-refractivity contribution in [1.29, 1.82) is 0 Å². The maximum Gasteiger partial charge on any atom is 0.342 e. The van der Waals surface area contributed by atoms with E-state index in [0.717, 1.165) is 16.8 Å². The number of hydrogen-bond donors (Lipinski definition) is 2. The molecule has 32 heavy (non-hydrogen) atoms. The van der Waals surface area contributed by atoms with Gasteiger partial charge in [-0.15, -0.1) is 0 Å². The number of hydrogen-bond acceptors (Lipinski definition) is 7. The SMILES string of the molecule is CCOC(=O)c1c(C)oc(NC(=O)CSc2nccn2-c2cc(C)cc(C)c2)c1C(N)=O. The van der Waals surface area contributed by atoms with Crippen molar-refractivity contribution in [1.82, 2.24) is 9.55 Å². The van der Waals surface area contributed by atoms with E-state index in [9.17, 15) is 14.4 Å². The van der Waals surface area contributed by atoms with E-state index < -0.39 is 17.8 Å². The van der Waals surface area contributed by atoms with Crippen LogP contribution in [0.15, 0.2) is 40.2 Å². The minimum Gasteiger partial charge on any atom is -0.462 e. The molecule has 1 aromatic carbocycles. The minimum absolute atomic E-state index is 0.00546. The number of carbonyl (C=O) groups excluding carboxylic acids is 3. The van der Waals surface area contributed by atoms with Crippen molar-refractivity contribution in [2.24, 2.45) is 5.73 Å². The van der Waals surface area contributed by atoms with Crippen LogP contribution in [0.25, 0.3) is 5.69 Å². The van der Waals surface area contributed by atoms with Gasteiger partial charge in [0.1, 0.15) is 16.9 Å². The highest BCUT2D eigenvalue weighted by atomic mass is 32.2. The number of furan rings is 1. The van der Waals surface area contributed by atoms with Crippen molar-refractivity contribution in [3.8, 4) is 5.69 Å². The quantitative estimate of drug-likeness (QED) is 0.392. The molecule has 0 aliphatic carbocycles. The first-order chi connectivity index (χ1) is 15.2. The Balaban J connectivity index is 1.76. The Morgan fingerprint density at radius 3 is 2.47 bits per heavy atom. The van der Waals surface area contributed by atoms with E-state index in [0.29, 0.717) is 5.16 Å². The molecule has 2 aromatic heterocycles. The lowest BCUT2D eigenvalue weighted by atomic mass is 10.1. The van der Waals surface area contributed by atoms with Gasteiger partial charge in [-0.25, -0.2) is 9.78 Å². The Hall–Kier alpha value is -3.53. The summed E-state index contributed by atoms with van der Waals surface area (Å²) in [5, 5.41) is 3.15. The Morgan fingerprint density at radius 2 is 1.84 bits per heavy atom. The second-order valence-electron chi connectivity index (χ2n) is 7.08. The van der Waals surface area contributed by atoms with Gasteiger partial charge in [0.2, 0.25) is 11.8 Å². The molecule has 0 radical (unpaired) electrons. The van der Waals surface area contributed by atoms with Crippen LogP contribution in [0.3, 0.4) is 0 Å². The van der Waals surface area contributed by atoms with Gasteiger partial charge in [0.25, 0.3) is 5.91 Å². The normalized spacial score (nSPS) is 10.8. The van der Waals surface area contributed by atoms with Crippen molar-refractivity contribution in [3.05, 3.63) is 58.6 Å². The topological polar surface area (TPSA) is 129 Å². The largest absolute Gasteiger partial charge is 0.462 e. The number of anilines is 1. The summed E-state index contributed by atoms with van der Waals surface area (Å²) in [6.45, 7) is 7.27. The summed E-state index contributed by atoms with van der Waals surface area (Å²) < 4.78 is 12.3. The average molecular weight is 457 g/mol. The van der Waals surface area contributed by atoms with Crippen LogP contribution in [0.2, 0.25) is 0 Å².